The largest absolute Gasteiger partial charge is 0.455 e. The van der Waals surface area contributed by atoms with Crippen LogP contribution in [-0.2, 0) is 19.9 Å². The summed E-state index contributed by atoms with van der Waals surface area (Å²) < 4.78 is 18.3. The first-order valence-corrected chi connectivity index (χ1v) is 11.0. The molecule has 31 heavy (non-hydrogen) atoms. The van der Waals surface area contributed by atoms with E-state index in [1.54, 1.807) is 0 Å². The summed E-state index contributed by atoms with van der Waals surface area (Å²) in [7, 11) is 2.07. The number of aryl methyl sites for hydroxylation is 3. The molecule has 1 aliphatic rings. The highest BCUT2D eigenvalue weighted by molar-refractivity contribution is 6.10. The van der Waals surface area contributed by atoms with Gasteiger partial charge in [0.2, 0.25) is 5.69 Å². The van der Waals surface area contributed by atoms with Crippen LogP contribution >= 0.6 is 0 Å². The van der Waals surface area contributed by atoms with Crippen LogP contribution in [0.4, 0.5) is 0 Å². The Kier molecular flexibility index (Phi) is 3.96. The summed E-state index contributed by atoms with van der Waals surface area (Å²) in [5.41, 5.74) is 8.88. The Balaban J connectivity index is 1.60. The molecule has 0 saturated carbocycles. The van der Waals surface area contributed by atoms with Gasteiger partial charge in [-0.25, -0.2) is 4.57 Å². The van der Waals surface area contributed by atoms with Crippen molar-refractivity contribution >= 4 is 21.9 Å². The Bertz CT molecular complexity index is 1500. The molecule has 0 saturated heterocycles. The molecule has 2 aromatic heterocycles. The van der Waals surface area contributed by atoms with Gasteiger partial charge in [0.1, 0.15) is 18.2 Å². The molecular weight excluding hydrogens is 378 g/mol. The number of pyridine rings is 1. The lowest BCUT2D eigenvalue weighted by molar-refractivity contribution is -0.660. The summed E-state index contributed by atoms with van der Waals surface area (Å²) in [5.74, 6) is -0.686. The van der Waals surface area contributed by atoms with Crippen LogP contribution in [0.1, 0.15) is 35.9 Å². The van der Waals surface area contributed by atoms with Crippen molar-refractivity contribution in [2.75, 3.05) is 0 Å². The minimum absolute atomic E-state index is 0.686. The van der Waals surface area contributed by atoms with E-state index in [1.165, 1.54) is 16.7 Å². The highest BCUT2D eigenvalue weighted by Gasteiger charge is 2.25. The average Bonchev–Trinajstić information content (AvgIpc) is 3.18. The molecule has 1 atom stereocenters. The molecule has 3 aromatic carbocycles. The van der Waals surface area contributed by atoms with Gasteiger partial charge in [-0.05, 0) is 60.4 Å². The van der Waals surface area contributed by atoms with Crippen molar-refractivity contribution < 1.29 is 10.4 Å². The minimum atomic E-state index is -0.686. The molecule has 0 amide bonds. The highest BCUT2D eigenvalue weighted by atomic mass is 16.3. The zero-order chi connectivity index (χ0) is 21.9. The van der Waals surface area contributed by atoms with Crippen LogP contribution in [0.25, 0.3) is 33.2 Å². The van der Waals surface area contributed by atoms with E-state index in [0.29, 0.717) is 0 Å². The summed E-state index contributed by atoms with van der Waals surface area (Å²) in [6.45, 7) is 2.14. The third-order valence-electron chi connectivity index (χ3n) is 6.79. The van der Waals surface area contributed by atoms with Crippen LogP contribution in [0.2, 0.25) is 0 Å². The first kappa shape index (κ1) is 17.3. The van der Waals surface area contributed by atoms with Crippen molar-refractivity contribution in [3.8, 4) is 11.3 Å². The van der Waals surface area contributed by atoms with Crippen LogP contribution in [0.5, 0.6) is 0 Å². The Labute approximate surface area is 184 Å². The average molecular weight is 406 g/mol. The fourth-order valence-electron chi connectivity index (χ4n) is 5.15. The molecule has 1 unspecified atom stereocenters. The second-order valence-corrected chi connectivity index (χ2v) is 8.66. The lowest BCUT2D eigenvalue weighted by Crippen LogP contribution is -2.30. The maximum absolute atomic E-state index is 9.48. The maximum atomic E-state index is 9.48. The molecule has 6 rings (SSSR count). The molecule has 0 spiro atoms. The van der Waals surface area contributed by atoms with E-state index in [1.807, 2.05) is 6.07 Å². The number of aromatic nitrogens is 1. The standard InChI is InChI=1S/C29H26NO/c1-19-13-16-25-24-11-7-10-23(22-15-14-20-8-3-4-9-21(20)18-22)28(24)31-29(25)27(19)26-12-5-6-17-30(26)2/h3-13,16-17,22H,14-15,18H2,1-2H3/q+1/i22D. The van der Waals surface area contributed by atoms with E-state index in [4.69, 9.17) is 4.42 Å². The molecular formula is C29H26NO+. The fourth-order valence-corrected chi connectivity index (χ4v) is 5.15. The second kappa shape index (κ2) is 7.09. The summed E-state index contributed by atoms with van der Waals surface area (Å²) in [6, 6.07) is 25.5. The Morgan fingerprint density at radius 3 is 2.55 bits per heavy atom. The number of para-hydroxylation sites is 1. The molecule has 0 aliphatic heterocycles. The number of benzene rings is 3. The van der Waals surface area contributed by atoms with Crippen LogP contribution in [0.3, 0.4) is 0 Å². The number of furan rings is 1. The summed E-state index contributed by atoms with van der Waals surface area (Å²) in [5, 5.41) is 2.22. The zero-order valence-electron chi connectivity index (χ0n) is 19.0. The van der Waals surface area contributed by atoms with Gasteiger partial charge in [-0.1, -0.05) is 54.6 Å². The normalized spacial score (nSPS) is 18.8. The predicted molar refractivity (Wildman–Crippen MR) is 126 cm³/mol. The van der Waals surface area contributed by atoms with Crippen LogP contribution in [-0.4, -0.2) is 0 Å². The predicted octanol–water partition coefficient (Wildman–Crippen LogP) is 6.66. The van der Waals surface area contributed by atoms with Gasteiger partial charge in [0.15, 0.2) is 6.20 Å². The zero-order valence-corrected chi connectivity index (χ0v) is 18.0. The minimum Gasteiger partial charge on any atom is -0.455 e. The summed E-state index contributed by atoms with van der Waals surface area (Å²) >= 11 is 0. The smallest absolute Gasteiger partial charge is 0.216 e. The van der Waals surface area contributed by atoms with Gasteiger partial charge in [-0.15, -0.1) is 0 Å². The molecule has 2 nitrogen and oxygen atoms in total. The topological polar surface area (TPSA) is 17.0 Å². The quantitative estimate of drug-likeness (QED) is 0.300. The van der Waals surface area contributed by atoms with E-state index in [2.05, 4.69) is 91.5 Å². The first-order chi connectivity index (χ1) is 15.5. The summed E-state index contributed by atoms with van der Waals surface area (Å²) in [4.78, 5) is 0. The molecule has 0 N–H and O–H groups in total. The highest BCUT2D eigenvalue weighted by Crippen LogP contribution is 2.42. The van der Waals surface area contributed by atoms with Crippen LogP contribution in [0, 0.1) is 6.92 Å². The third-order valence-corrected chi connectivity index (χ3v) is 6.79. The van der Waals surface area contributed by atoms with E-state index in [-0.39, 0.29) is 0 Å². The van der Waals surface area contributed by atoms with E-state index < -0.39 is 5.89 Å². The van der Waals surface area contributed by atoms with E-state index >= 15 is 0 Å². The van der Waals surface area contributed by atoms with Gasteiger partial charge in [0.25, 0.3) is 0 Å². The molecule has 5 aromatic rings. The molecule has 2 heterocycles. The maximum Gasteiger partial charge on any atom is 0.216 e. The molecule has 0 fully saturated rings. The lowest BCUT2D eigenvalue weighted by atomic mass is 9.80. The van der Waals surface area contributed by atoms with Crippen LogP contribution in [0.15, 0.2) is 83.4 Å². The van der Waals surface area contributed by atoms with Crippen molar-refractivity contribution in [1.29, 1.82) is 0 Å². The van der Waals surface area contributed by atoms with Crippen molar-refractivity contribution in [2.45, 2.75) is 32.1 Å². The molecule has 2 heteroatoms. The van der Waals surface area contributed by atoms with Crippen LogP contribution < -0.4 is 4.57 Å². The molecule has 0 radical (unpaired) electrons. The van der Waals surface area contributed by atoms with Crippen molar-refractivity contribution in [3.05, 3.63) is 101 Å². The molecule has 152 valence electrons. The van der Waals surface area contributed by atoms with Gasteiger partial charge in [-0.2, -0.15) is 0 Å². The number of nitrogens with zero attached hydrogens (tertiary/aromatic N) is 1. The number of hydrogen-bond acceptors (Lipinski definition) is 1. The third kappa shape index (κ3) is 2.90. The van der Waals surface area contributed by atoms with Crippen molar-refractivity contribution in [3.63, 3.8) is 0 Å². The number of fused-ring (bicyclic) bond motifs is 4. The van der Waals surface area contributed by atoms with Gasteiger partial charge in [0.05, 0.1) is 5.56 Å². The Morgan fingerprint density at radius 2 is 1.68 bits per heavy atom. The van der Waals surface area contributed by atoms with Crippen molar-refractivity contribution in [1.82, 2.24) is 0 Å². The van der Waals surface area contributed by atoms with Gasteiger partial charge >= 0.3 is 0 Å². The van der Waals surface area contributed by atoms with Crippen molar-refractivity contribution in [2.24, 2.45) is 7.05 Å². The van der Waals surface area contributed by atoms with E-state index in [9.17, 15) is 1.37 Å². The van der Waals surface area contributed by atoms with E-state index in [0.717, 1.165) is 58.0 Å². The van der Waals surface area contributed by atoms with Gasteiger partial charge < -0.3 is 4.42 Å². The Hall–Kier alpha value is -3.39. The second-order valence-electron chi connectivity index (χ2n) is 8.66. The Morgan fingerprint density at radius 1 is 0.871 bits per heavy atom. The molecule has 0 bridgehead atoms. The summed E-state index contributed by atoms with van der Waals surface area (Å²) in [6.07, 6.45) is 4.53. The SMILES string of the molecule is [2H]C1(c2cccc3c2oc2c(-c4cccc[n+]4C)c(C)ccc23)CCc2ccccc2C1. The monoisotopic (exact) mass is 405 g/mol. The fraction of sp³-hybridized carbons (Fsp3) is 0.207. The lowest BCUT2D eigenvalue weighted by Gasteiger charge is -2.25. The molecule has 1 aliphatic carbocycles. The van der Waals surface area contributed by atoms with Gasteiger partial charge in [0, 0.05) is 24.3 Å². The van der Waals surface area contributed by atoms with Gasteiger partial charge in [-0.3, -0.25) is 0 Å². The number of rotatable bonds is 2. The number of hydrogen-bond donors (Lipinski definition) is 0. The first-order valence-electron chi connectivity index (χ1n) is 11.5.